The molecule has 0 aromatic heterocycles. The van der Waals surface area contributed by atoms with Crippen molar-refractivity contribution in [2.45, 2.75) is 4.83 Å². The van der Waals surface area contributed by atoms with Crippen LogP contribution in [0.3, 0.4) is 0 Å². The Labute approximate surface area is 127 Å². The Balaban J connectivity index is 2.42. The van der Waals surface area contributed by atoms with Gasteiger partial charge >= 0.3 is 5.69 Å². The zero-order valence-electron chi connectivity index (χ0n) is 10.6. The van der Waals surface area contributed by atoms with Gasteiger partial charge in [-0.1, -0.05) is 46.3 Å². The lowest BCUT2D eigenvalue weighted by molar-refractivity contribution is -0.386. The van der Waals surface area contributed by atoms with Crippen LogP contribution in [0.5, 0.6) is 11.5 Å². The summed E-state index contributed by atoms with van der Waals surface area (Å²) in [6.45, 7) is 0. The minimum atomic E-state index is -0.864. The van der Waals surface area contributed by atoms with E-state index in [2.05, 4.69) is 15.9 Å². The van der Waals surface area contributed by atoms with E-state index in [0.717, 1.165) is 12.1 Å². The van der Waals surface area contributed by atoms with Gasteiger partial charge in [-0.15, -0.1) is 0 Å². The Morgan fingerprint density at radius 2 is 1.81 bits per heavy atom. The van der Waals surface area contributed by atoms with Gasteiger partial charge in [0.1, 0.15) is 4.83 Å². The van der Waals surface area contributed by atoms with Crippen molar-refractivity contribution in [1.82, 2.24) is 0 Å². The largest absolute Gasteiger partial charge is 0.504 e. The van der Waals surface area contributed by atoms with Crippen LogP contribution in [-0.2, 0) is 0 Å². The van der Waals surface area contributed by atoms with Gasteiger partial charge < -0.3 is 10.2 Å². The van der Waals surface area contributed by atoms with Crippen LogP contribution in [0.25, 0.3) is 0 Å². The summed E-state index contributed by atoms with van der Waals surface area (Å²) in [5, 5.41) is 29.7. The summed E-state index contributed by atoms with van der Waals surface area (Å²) in [5.74, 6) is -2.03. The number of hydrogen-bond acceptors (Lipinski definition) is 5. The lowest BCUT2D eigenvalue weighted by Crippen LogP contribution is -2.07. The molecule has 2 aromatic rings. The third-order valence-corrected chi connectivity index (χ3v) is 3.82. The molecule has 2 N–H and O–H groups in total. The first-order valence-corrected chi connectivity index (χ1v) is 6.77. The molecular weight excluding hydrogens is 342 g/mol. The van der Waals surface area contributed by atoms with Crippen molar-refractivity contribution >= 4 is 27.4 Å². The lowest BCUT2D eigenvalue weighted by atomic mass is 10.0. The second-order valence-corrected chi connectivity index (χ2v) is 5.17. The number of benzene rings is 2. The molecule has 0 amide bonds. The van der Waals surface area contributed by atoms with Crippen molar-refractivity contribution in [3.63, 3.8) is 0 Å². The van der Waals surface area contributed by atoms with Gasteiger partial charge in [0.25, 0.3) is 0 Å². The molecule has 2 rings (SSSR count). The van der Waals surface area contributed by atoms with Crippen LogP contribution in [0.15, 0.2) is 42.5 Å². The number of nitrogens with zero attached hydrogens (tertiary/aromatic N) is 1. The first-order chi connectivity index (χ1) is 9.91. The van der Waals surface area contributed by atoms with Crippen molar-refractivity contribution < 1.29 is 19.9 Å². The molecule has 0 aliphatic heterocycles. The van der Waals surface area contributed by atoms with Gasteiger partial charge in [0.05, 0.1) is 4.92 Å². The molecule has 7 heteroatoms. The molecule has 0 aliphatic rings. The molecule has 1 atom stereocenters. The molecule has 6 nitrogen and oxygen atoms in total. The van der Waals surface area contributed by atoms with E-state index in [1.54, 1.807) is 30.3 Å². The van der Waals surface area contributed by atoms with Crippen LogP contribution >= 0.6 is 15.9 Å². The van der Waals surface area contributed by atoms with Crippen LogP contribution in [0, 0.1) is 10.1 Å². The normalized spacial score (nSPS) is 11.9. The summed E-state index contributed by atoms with van der Waals surface area (Å²) in [4.78, 5) is 21.6. The number of hydrogen-bond donors (Lipinski definition) is 2. The number of nitro benzene ring substituents is 1. The molecule has 0 aliphatic carbocycles. The second kappa shape index (κ2) is 5.92. The quantitative estimate of drug-likeness (QED) is 0.289. The van der Waals surface area contributed by atoms with Crippen molar-refractivity contribution in [3.05, 3.63) is 63.7 Å². The Hall–Kier alpha value is -2.41. The van der Waals surface area contributed by atoms with E-state index in [-0.39, 0.29) is 5.56 Å². The fourth-order valence-electron chi connectivity index (χ4n) is 1.81. The van der Waals surface area contributed by atoms with Crippen molar-refractivity contribution in [3.8, 4) is 11.5 Å². The van der Waals surface area contributed by atoms with Gasteiger partial charge in [0, 0.05) is 11.6 Å². The molecule has 0 fully saturated rings. The third-order valence-electron chi connectivity index (χ3n) is 2.87. The summed E-state index contributed by atoms with van der Waals surface area (Å²) in [6.07, 6.45) is 0. The molecule has 0 bridgehead atoms. The van der Waals surface area contributed by atoms with E-state index in [1.807, 2.05) is 0 Å². The topological polar surface area (TPSA) is 101 Å². The highest BCUT2D eigenvalue weighted by molar-refractivity contribution is 9.09. The molecule has 0 saturated heterocycles. The Kier molecular flexibility index (Phi) is 4.23. The summed E-state index contributed by atoms with van der Waals surface area (Å²) < 4.78 is 0. The highest BCUT2D eigenvalue weighted by Gasteiger charge is 2.25. The third kappa shape index (κ3) is 3.03. The minimum absolute atomic E-state index is 0.0669. The Morgan fingerprint density at radius 3 is 2.38 bits per heavy atom. The zero-order chi connectivity index (χ0) is 15.6. The fraction of sp³-hybridized carbons (Fsp3) is 0.0714. The van der Waals surface area contributed by atoms with Gasteiger partial charge in [-0.2, -0.15) is 0 Å². The van der Waals surface area contributed by atoms with Crippen molar-refractivity contribution in [2.75, 3.05) is 0 Å². The van der Waals surface area contributed by atoms with E-state index < -0.39 is 32.7 Å². The Bertz CT molecular complexity index is 702. The number of carbonyl (C=O) groups excluding carboxylic acids is 1. The van der Waals surface area contributed by atoms with E-state index in [1.165, 1.54) is 0 Å². The number of rotatable bonds is 4. The molecule has 0 saturated carbocycles. The summed E-state index contributed by atoms with van der Waals surface area (Å²) in [6, 6.07) is 10.7. The van der Waals surface area contributed by atoms with Gasteiger partial charge in [-0.3, -0.25) is 14.9 Å². The number of halogens is 1. The number of ketones is 1. The van der Waals surface area contributed by atoms with Crippen LogP contribution < -0.4 is 0 Å². The SMILES string of the molecule is O=C(c1cc(O)c(O)c([N+](=O)[O-])c1)C(Br)c1ccccc1. The second-order valence-electron chi connectivity index (χ2n) is 4.26. The predicted molar refractivity (Wildman–Crippen MR) is 78.9 cm³/mol. The van der Waals surface area contributed by atoms with E-state index in [9.17, 15) is 25.1 Å². The van der Waals surface area contributed by atoms with Gasteiger partial charge in [-0.25, -0.2) is 0 Å². The average Bonchev–Trinajstić information content (AvgIpc) is 2.49. The van der Waals surface area contributed by atoms with E-state index in [0.29, 0.717) is 5.56 Å². The molecular formula is C14H10BrNO5. The standard InChI is InChI=1S/C14H10BrNO5/c15-12(8-4-2-1-3-5-8)13(18)9-6-10(16(20)21)14(19)11(17)7-9/h1-7,12,17,19H. The molecule has 1 unspecified atom stereocenters. The maximum absolute atomic E-state index is 12.3. The van der Waals surface area contributed by atoms with Crippen LogP contribution in [0.4, 0.5) is 5.69 Å². The van der Waals surface area contributed by atoms with Crippen LogP contribution in [0.1, 0.15) is 20.7 Å². The molecule has 108 valence electrons. The zero-order valence-corrected chi connectivity index (χ0v) is 12.1. The summed E-state index contributed by atoms with van der Waals surface area (Å²) >= 11 is 3.23. The average molecular weight is 352 g/mol. The molecule has 0 radical (unpaired) electrons. The molecule has 2 aromatic carbocycles. The number of phenols is 2. The highest BCUT2D eigenvalue weighted by Crippen LogP contribution is 2.38. The van der Waals surface area contributed by atoms with Gasteiger partial charge in [-0.05, 0) is 11.6 Å². The number of alkyl halides is 1. The monoisotopic (exact) mass is 351 g/mol. The van der Waals surface area contributed by atoms with Crippen LogP contribution in [0.2, 0.25) is 0 Å². The number of Topliss-reactive ketones (excluding diaryl/α,β-unsaturated/α-hetero) is 1. The highest BCUT2D eigenvalue weighted by atomic mass is 79.9. The van der Waals surface area contributed by atoms with E-state index >= 15 is 0 Å². The first-order valence-electron chi connectivity index (χ1n) is 5.85. The molecule has 0 heterocycles. The molecule has 21 heavy (non-hydrogen) atoms. The summed E-state index contributed by atoms with van der Waals surface area (Å²) in [7, 11) is 0. The maximum atomic E-state index is 12.3. The van der Waals surface area contributed by atoms with Crippen molar-refractivity contribution in [1.29, 1.82) is 0 Å². The summed E-state index contributed by atoms with van der Waals surface area (Å²) in [5.41, 5.74) is -0.105. The Morgan fingerprint density at radius 1 is 1.19 bits per heavy atom. The predicted octanol–water partition coefficient (Wildman–Crippen LogP) is 3.32. The smallest absolute Gasteiger partial charge is 0.315 e. The van der Waals surface area contributed by atoms with E-state index in [4.69, 9.17) is 0 Å². The number of nitro groups is 1. The number of phenolic OH excluding ortho intramolecular Hbond substituents is 2. The van der Waals surface area contributed by atoms with Gasteiger partial charge in [0.2, 0.25) is 5.75 Å². The first kappa shape index (κ1) is 15.0. The van der Waals surface area contributed by atoms with Crippen LogP contribution in [-0.4, -0.2) is 20.9 Å². The van der Waals surface area contributed by atoms with Gasteiger partial charge in [0.15, 0.2) is 11.5 Å². The number of aromatic hydroxyl groups is 2. The van der Waals surface area contributed by atoms with Crippen molar-refractivity contribution in [2.24, 2.45) is 0 Å². The lowest BCUT2D eigenvalue weighted by Gasteiger charge is -2.10. The number of carbonyl (C=O) groups is 1. The molecule has 0 spiro atoms. The fourth-order valence-corrected chi connectivity index (χ4v) is 2.37. The minimum Gasteiger partial charge on any atom is -0.504 e. The maximum Gasteiger partial charge on any atom is 0.315 e.